The van der Waals surface area contributed by atoms with Crippen molar-refractivity contribution < 1.29 is 9.90 Å². The number of hydrogen-bond donors (Lipinski definition) is 2. The summed E-state index contributed by atoms with van der Waals surface area (Å²) < 4.78 is 1.10. The van der Waals surface area contributed by atoms with E-state index in [1.165, 1.54) is 11.3 Å². The Bertz CT molecular complexity index is 672. The number of nitrogens with zero attached hydrogens (tertiary/aromatic N) is 1. The lowest BCUT2D eigenvalue weighted by atomic mass is 9.98. The molecule has 21 heavy (non-hydrogen) atoms. The minimum absolute atomic E-state index is 0.0319. The third-order valence-electron chi connectivity index (χ3n) is 4.31. The van der Waals surface area contributed by atoms with Crippen LogP contribution in [0.2, 0.25) is 0 Å². The predicted octanol–water partition coefficient (Wildman–Crippen LogP) is 2.64. The van der Waals surface area contributed by atoms with Gasteiger partial charge in [0, 0.05) is 29.8 Å². The van der Waals surface area contributed by atoms with Crippen LogP contribution in [0.4, 0.5) is 5.69 Å². The summed E-state index contributed by atoms with van der Waals surface area (Å²) in [5.74, 6) is 0.362. The molecule has 1 fully saturated rings. The standard InChI is InChI=1S/C16H20N2O2S/c1-10-3-2-4-12-13(17)15(21-14(10)12)16(20)18-7-5-11(9-19)6-8-18/h2-4,11,19H,5-9,17H2,1H3. The van der Waals surface area contributed by atoms with Gasteiger partial charge in [-0.1, -0.05) is 18.2 Å². The van der Waals surface area contributed by atoms with Gasteiger partial charge in [-0.15, -0.1) is 11.3 Å². The van der Waals surface area contributed by atoms with E-state index in [2.05, 4.69) is 0 Å². The summed E-state index contributed by atoms with van der Waals surface area (Å²) in [7, 11) is 0. The van der Waals surface area contributed by atoms with Crippen molar-refractivity contribution in [1.82, 2.24) is 4.90 Å². The molecule has 2 aromatic rings. The molecule has 0 unspecified atom stereocenters. The number of nitrogens with two attached hydrogens (primary N) is 1. The fourth-order valence-electron chi connectivity index (χ4n) is 2.90. The average molecular weight is 304 g/mol. The summed E-state index contributed by atoms with van der Waals surface area (Å²) in [5, 5.41) is 10.2. The molecule has 1 aromatic carbocycles. The van der Waals surface area contributed by atoms with Crippen LogP contribution in [0.1, 0.15) is 28.1 Å². The normalized spacial score (nSPS) is 16.6. The van der Waals surface area contributed by atoms with Crippen LogP contribution in [0.25, 0.3) is 10.1 Å². The molecule has 112 valence electrons. The summed E-state index contributed by atoms with van der Waals surface area (Å²) in [4.78, 5) is 15.2. The topological polar surface area (TPSA) is 66.6 Å². The van der Waals surface area contributed by atoms with Gasteiger partial charge in [-0.25, -0.2) is 0 Å². The lowest BCUT2D eigenvalue weighted by Crippen LogP contribution is -2.39. The van der Waals surface area contributed by atoms with Crippen LogP contribution in [-0.4, -0.2) is 35.6 Å². The van der Waals surface area contributed by atoms with Crippen LogP contribution in [0, 0.1) is 12.8 Å². The SMILES string of the molecule is Cc1cccc2c(N)c(C(=O)N3CCC(CO)CC3)sc12. The van der Waals surface area contributed by atoms with E-state index in [0.29, 0.717) is 29.6 Å². The van der Waals surface area contributed by atoms with E-state index >= 15 is 0 Å². The summed E-state index contributed by atoms with van der Waals surface area (Å²) in [6, 6.07) is 5.99. The van der Waals surface area contributed by atoms with Crippen molar-refractivity contribution in [2.24, 2.45) is 5.92 Å². The maximum Gasteiger partial charge on any atom is 0.266 e. The first-order chi connectivity index (χ1) is 10.1. The Balaban J connectivity index is 1.89. The van der Waals surface area contributed by atoms with Crippen LogP contribution < -0.4 is 5.73 Å². The minimum Gasteiger partial charge on any atom is -0.397 e. The Kier molecular flexibility index (Phi) is 3.87. The molecule has 3 N–H and O–H groups in total. The van der Waals surface area contributed by atoms with Gasteiger partial charge in [0.25, 0.3) is 5.91 Å². The molecule has 0 radical (unpaired) electrons. The molecule has 0 bridgehead atoms. The van der Waals surface area contributed by atoms with Crippen LogP contribution in [-0.2, 0) is 0 Å². The highest BCUT2D eigenvalue weighted by Crippen LogP contribution is 2.36. The number of anilines is 1. The Labute approximate surface area is 128 Å². The van der Waals surface area contributed by atoms with Gasteiger partial charge in [0.05, 0.1) is 5.69 Å². The highest BCUT2D eigenvalue weighted by molar-refractivity contribution is 7.21. The number of likely N-dealkylation sites (tertiary alicyclic amines) is 1. The molecule has 0 aliphatic carbocycles. The first kappa shape index (κ1) is 14.4. The maximum absolute atomic E-state index is 12.7. The first-order valence-electron chi connectivity index (χ1n) is 7.29. The molecule has 5 heteroatoms. The van der Waals surface area contributed by atoms with Gasteiger partial charge in [0.2, 0.25) is 0 Å². The molecule has 2 heterocycles. The van der Waals surface area contributed by atoms with Gasteiger partial charge in [-0.05, 0) is 31.2 Å². The van der Waals surface area contributed by atoms with Gasteiger partial charge >= 0.3 is 0 Å². The molecule has 1 amide bonds. The summed E-state index contributed by atoms with van der Waals surface area (Å²) >= 11 is 1.49. The molecular weight excluding hydrogens is 284 g/mol. The number of aliphatic hydroxyl groups is 1. The number of thiophene rings is 1. The second-order valence-electron chi connectivity index (χ2n) is 5.71. The third-order valence-corrected chi connectivity index (χ3v) is 5.65. The molecule has 0 saturated carbocycles. The number of piperidine rings is 1. The number of hydrogen-bond acceptors (Lipinski definition) is 4. The molecule has 1 aliphatic rings. The third kappa shape index (κ3) is 2.51. The van der Waals surface area contributed by atoms with Crippen molar-refractivity contribution in [2.75, 3.05) is 25.4 Å². The number of amides is 1. The van der Waals surface area contributed by atoms with E-state index in [-0.39, 0.29) is 12.5 Å². The predicted molar refractivity (Wildman–Crippen MR) is 86.7 cm³/mol. The van der Waals surface area contributed by atoms with E-state index in [1.807, 2.05) is 30.0 Å². The van der Waals surface area contributed by atoms with Crippen LogP contribution in [0.3, 0.4) is 0 Å². The van der Waals surface area contributed by atoms with E-state index in [1.54, 1.807) is 0 Å². The zero-order valence-corrected chi connectivity index (χ0v) is 12.9. The lowest BCUT2D eigenvalue weighted by molar-refractivity contribution is 0.0656. The fraction of sp³-hybridized carbons (Fsp3) is 0.438. The Morgan fingerprint density at radius 2 is 2.14 bits per heavy atom. The second-order valence-corrected chi connectivity index (χ2v) is 6.74. The van der Waals surface area contributed by atoms with Gasteiger partial charge in [0.15, 0.2) is 0 Å². The van der Waals surface area contributed by atoms with Crippen LogP contribution in [0.5, 0.6) is 0 Å². The van der Waals surface area contributed by atoms with E-state index in [0.717, 1.165) is 28.5 Å². The second kappa shape index (κ2) is 5.66. The number of carbonyl (C=O) groups is 1. The highest BCUT2D eigenvalue weighted by Gasteiger charge is 2.26. The first-order valence-corrected chi connectivity index (χ1v) is 8.11. The molecule has 1 aromatic heterocycles. The zero-order chi connectivity index (χ0) is 15.0. The van der Waals surface area contributed by atoms with Crippen molar-refractivity contribution in [3.05, 3.63) is 28.6 Å². The molecular formula is C16H20N2O2S. The molecule has 3 rings (SSSR count). The summed E-state index contributed by atoms with van der Waals surface area (Å²) in [6.45, 7) is 3.67. The number of aryl methyl sites for hydroxylation is 1. The Morgan fingerprint density at radius 3 is 2.76 bits per heavy atom. The van der Waals surface area contributed by atoms with E-state index in [4.69, 9.17) is 5.73 Å². The van der Waals surface area contributed by atoms with Crippen LogP contribution >= 0.6 is 11.3 Å². The van der Waals surface area contributed by atoms with Crippen molar-refractivity contribution in [2.45, 2.75) is 19.8 Å². The van der Waals surface area contributed by atoms with Crippen molar-refractivity contribution in [3.8, 4) is 0 Å². The highest BCUT2D eigenvalue weighted by atomic mass is 32.1. The van der Waals surface area contributed by atoms with Crippen molar-refractivity contribution in [3.63, 3.8) is 0 Å². The zero-order valence-electron chi connectivity index (χ0n) is 12.1. The van der Waals surface area contributed by atoms with E-state index < -0.39 is 0 Å². The lowest BCUT2D eigenvalue weighted by Gasteiger charge is -2.30. The summed E-state index contributed by atoms with van der Waals surface area (Å²) in [5.41, 5.74) is 7.95. The summed E-state index contributed by atoms with van der Waals surface area (Å²) in [6.07, 6.45) is 1.73. The number of carbonyl (C=O) groups excluding carboxylic acids is 1. The monoisotopic (exact) mass is 304 g/mol. The molecule has 0 spiro atoms. The number of rotatable bonds is 2. The average Bonchev–Trinajstić information content (AvgIpc) is 2.85. The molecule has 1 aliphatic heterocycles. The molecule has 0 atom stereocenters. The van der Waals surface area contributed by atoms with E-state index in [9.17, 15) is 9.90 Å². The van der Waals surface area contributed by atoms with Crippen molar-refractivity contribution >= 4 is 33.0 Å². The van der Waals surface area contributed by atoms with Gasteiger partial charge in [-0.3, -0.25) is 4.79 Å². The largest absolute Gasteiger partial charge is 0.397 e. The molecule has 4 nitrogen and oxygen atoms in total. The van der Waals surface area contributed by atoms with Gasteiger partial charge in [0.1, 0.15) is 4.88 Å². The number of benzene rings is 1. The quantitative estimate of drug-likeness (QED) is 0.896. The fourth-order valence-corrected chi connectivity index (χ4v) is 4.06. The number of nitrogen functional groups attached to an aromatic ring is 1. The van der Waals surface area contributed by atoms with Gasteiger partial charge in [-0.2, -0.15) is 0 Å². The molecule has 1 saturated heterocycles. The number of fused-ring (bicyclic) bond motifs is 1. The number of aliphatic hydroxyl groups excluding tert-OH is 1. The smallest absolute Gasteiger partial charge is 0.266 e. The van der Waals surface area contributed by atoms with Crippen LogP contribution in [0.15, 0.2) is 18.2 Å². The Morgan fingerprint density at radius 1 is 1.43 bits per heavy atom. The minimum atomic E-state index is 0.0319. The van der Waals surface area contributed by atoms with Crippen molar-refractivity contribution in [1.29, 1.82) is 0 Å². The maximum atomic E-state index is 12.7. The Hall–Kier alpha value is -1.59. The van der Waals surface area contributed by atoms with Gasteiger partial charge < -0.3 is 15.7 Å².